The van der Waals surface area contributed by atoms with Crippen LogP contribution in [0.1, 0.15) is 0 Å². The Kier molecular flexibility index (Phi) is 8.49. The molecule has 0 aliphatic carbocycles. The van der Waals surface area contributed by atoms with Gasteiger partial charge in [0.05, 0.1) is 11.0 Å². The number of aromatic nitrogens is 1. The smallest absolute Gasteiger partial charge is 0.0553 e. The molecular formula is C56H39N3. The van der Waals surface area contributed by atoms with Crippen LogP contribution < -0.4 is 9.80 Å². The number of hydrogen-bond acceptors (Lipinski definition) is 2. The van der Waals surface area contributed by atoms with E-state index in [0.29, 0.717) is 0 Å². The van der Waals surface area contributed by atoms with E-state index < -0.39 is 0 Å². The molecule has 0 amide bonds. The molecule has 59 heavy (non-hydrogen) atoms. The van der Waals surface area contributed by atoms with E-state index in [-0.39, 0.29) is 0 Å². The van der Waals surface area contributed by atoms with Gasteiger partial charge < -0.3 is 14.4 Å². The Balaban J connectivity index is 1.01. The standard InChI is InChI=1S/C56H39N3/c1-5-14-40(15-6-1)41-26-30-49(31-27-41)58(52-36-34-51(35-37-52)57(46-17-7-2-8-18-46)47-19-9-3-10-20-47)50-32-28-42(29-33-50)45-38-44-25-24-43-16-13-23-53-55(43)56(44)54(39-45)59(53)48-21-11-4-12-22-48/h1-39H. The van der Waals surface area contributed by atoms with E-state index >= 15 is 0 Å². The number of anilines is 6. The van der Waals surface area contributed by atoms with Crippen molar-refractivity contribution in [3.05, 3.63) is 237 Å². The second kappa shape index (κ2) is 14.6. The van der Waals surface area contributed by atoms with E-state index in [9.17, 15) is 0 Å². The molecule has 1 aromatic heterocycles. The maximum absolute atomic E-state index is 2.42. The molecule has 0 aliphatic heterocycles. The third kappa shape index (κ3) is 6.17. The lowest BCUT2D eigenvalue weighted by atomic mass is 9.97. The fraction of sp³-hybridized carbons (Fsp3) is 0. The van der Waals surface area contributed by atoms with Gasteiger partial charge in [0.1, 0.15) is 0 Å². The van der Waals surface area contributed by atoms with Crippen LogP contribution in [0.5, 0.6) is 0 Å². The number of rotatable bonds is 9. The molecule has 1 heterocycles. The van der Waals surface area contributed by atoms with Crippen LogP contribution in [0.3, 0.4) is 0 Å². The predicted octanol–water partition coefficient (Wildman–Crippen LogP) is 15.6. The number of hydrogen-bond donors (Lipinski definition) is 0. The second-order valence-electron chi connectivity index (χ2n) is 15.0. The maximum Gasteiger partial charge on any atom is 0.0553 e. The van der Waals surface area contributed by atoms with Gasteiger partial charge in [-0.25, -0.2) is 0 Å². The number of benzene rings is 10. The van der Waals surface area contributed by atoms with E-state index in [1.165, 1.54) is 60.5 Å². The maximum atomic E-state index is 2.42. The highest BCUT2D eigenvalue weighted by Crippen LogP contribution is 2.43. The molecule has 11 aromatic rings. The van der Waals surface area contributed by atoms with Gasteiger partial charge in [0.15, 0.2) is 0 Å². The average Bonchev–Trinajstić information content (AvgIpc) is 3.66. The highest BCUT2D eigenvalue weighted by molar-refractivity contribution is 6.25. The molecule has 0 unspecified atom stereocenters. The summed E-state index contributed by atoms with van der Waals surface area (Å²) in [5.41, 5.74) is 15.0. The SMILES string of the molecule is c1ccc(-c2ccc(N(c3ccc(-c4cc5ccc6cccc7c6c5c(c4)n7-c4ccccc4)cc3)c3ccc(N(c4ccccc4)c4ccccc4)cc3)cc2)cc1. The minimum atomic E-state index is 1.08. The van der Waals surface area contributed by atoms with Crippen LogP contribution in [-0.2, 0) is 0 Å². The van der Waals surface area contributed by atoms with Crippen LogP contribution in [0.25, 0.3) is 60.5 Å². The molecule has 278 valence electrons. The molecule has 3 heteroatoms. The molecule has 3 nitrogen and oxygen atoms in total. The van der Waals surface area contributed by atoms with Crippen LogP contribution in [-0.4, -0.2) is 4.57 Å². The first-order chi connectivity index (χ1) is 29.3. The van der Waals surface area contributed by atoms with Crippen LogP contribution in [0.4, 0.5) is 34.1 Å². The van der Waals surface area contributed by atoms with Crippen LogP contribution in [0, 0.1) is 0 Å². The van der Waals surface area contributed by atoms with E-state index in [1.807, 2.05) is 0 Å². The number of para-hydroxylation sites is 3. The summed E-state index contributed by atoms with van der Waals surface area (Å²) in [6, 6.07) is 85.2. The van der Waals surface area contributed by atoms with Crippen molar-refractivity contribution < 1.29 is 0 Å². The van der Waals surface area contributed by atoms with E-state index in [2.05, 4.69) is 251 Å². The van der Waals surface area contributed by atoms with Gasteiger partial charge in [-0.2, -0.15) is 0 Å². The molecule has 0 N–H and O–H groups in total. The molecule has 0 saturated carbocycles. The average molecular weight is 754 g/mol. The van der Waals surface area contributed by atoms with Crippen molar-refractivity contribution in [2.45, 2.75) is 0 Å². The van der Waals surface area contributed by atoms with E-state index in [1.54, 1.807) is 0 Å². The van der Waals surface area contributed by atoms with Crippen molar-refractivity contribution in [1.29, 1.82) is 0 Å². The third-order valence-corrected chi connectivity index (χ3v) is 11.5. The molecule has 0 aliphatic rings. The van der Waals surface area contributed by atoms with Crippen molar-refractivity contribution in [2.75, 3.05) is 9.80 Å². The Bertz CT molecular complexity index is 3120. The zero-order valence-corrected chi connectivity index (χ0v) is 32.4. The molecule has 0 spiro atoms. The lowest BCUT2D eigenvalue weighted by Crippen LogP contribution is -2.12. The first-order valence-electron chi connectivity index (χ1n) is 20.2. The first kappa shape index (κ1) is 34.4. The topological polar surface area (TPSA) is 11.4 Å². The molecule has 0 radical (unpaired) electrons. The van der Waals surface area contributed by atoms with Crippen molar-refractivity contribution in [1.82, 2.24) is 4.57 Å². The molecular weight excluding hydrogens is 715 g/mol. The summed E-state index contributed by atoms with van der Waals surface area (Å²) in [4.78, 5) is 4.65. The van der Waals surface area contributed by atoms with Crippen molar-refractivity contribution >= 4 is 66.7 Å². The van der Waals surface area contributed by atoms with E-state index in [0.717, 1.165) is 34.1 Å². The van der Waals surface area contributed by atoms with Gasteiger partial charge in [-0.3, -0.25) is 0 Å². The van der Waals surface area contributed by atoms with Gasteiger partial charge in [-0.15, -0.1) is 0 Å². The summed E-state index contributed by atoms with van der Waals surface area (Å²) in [6.45, 7) is 0. The number of nitrogens with zero attached hydrogens (tertiary/aromatic N) is 3. The predicted molar refractivity (Wildman–Crippen MR) is 250 cm³/mol. The Morgan fingerprint density at radius 1 is 0.254 bits per heavy atom. The third-order valence-electron chi connectivity index (χ3n) is 11.5. The fourth-order valence-corrected chi connectivity index (χ4v) is 8.75. The zero-order valence-electron chi connectivity index (χ0n) is 32.4. The van der Waals surface area contributed by atoms with Gasteiger partial charge in [-0.1, -0.05) is 133 Å². The normalized spacial score (nSPS) is 11.4. The van der Waals surface area contributed by atoms with Crippen molar-refractivity contribution in [3.63, 3.8) is 0 Å². The summed E-state index contributed by atoms with van der Waals surface area (Å²) in [5, 5.41) is 5.15. The van der Waals surface area contributed by atoms with Gasteiger partial charge in [0, 0.05) is 50.6 Å². The van der Waals surface area contributed by atoms with Crippen molar-refractivity contribution in [2.24, 2.45) is 0 Å². The Hall–Kier alpha value is -7.88. The van der Waals surface area contributed by atoms with Crippen LogP contribution >= 0.6 is 0 Å². The Labute approximate surface area is 344 Å². The summed E-state index contributed by atoms with van der Waals surface area (Å²) in [6.07, 6.45) is 0. The van der Waals surface area contributed by atoms with Gasteiger partial charge >= 0.3 is 0 Å². The summed E-state index contributed by atoms with van der Waals surface area (Å²) >= 11 is 0. The lowest BCUT2D eigenvalue weighted by Gasteiger charge is -2.28. The van der Waals surface area contributed by atoms with Gasteiger partial charge in [0.25, 0.3) is 0 Å². The summed E-state index contributed by atoms with van der Waals surface area (Å²) in [5.74, 6) is 0. The summed E-state index contributed by atoms with van der Waals surface area (Å²) < 4.78 is 2.42. The highest BCUT2D eigenvalue weighted by Gasteiger charge is 2.19. The molecule has 0 fully saturated rings. The van der Waals surface area contributed by atoms with Gasteiger partial charge in [-0.05, 0) is 136 Å². The Morgan fingerprint density at radius 3 is 1.20 bits per heavy atom. The van der Waals surface area contributed by atoms with Crippen LogP contribution in [0.15, 0.2) is 237 Å². The lowest BCUT2D eigenvalue weighted by molar-refractivity contribution is 1.18. The minimum absolute atomic E-state index is 1.08. The molecule has 10 aromatic carbocycles. The molecule has 0 bridgehead atoms. The van der Waals surface area contributed by atoms with Gasteiger partial charge in [0.2, 0.25) is 0 Å². The minimum Gasteiger partial charge on any atom is -0.311 e. The highest BCUT2D eigenvalue weighted by atomic mass is 15.2. The molecule has 11 rings (SSSR count). The monoisotopic (exact) mass is 753 g/mol. The second-order valence-corrected chi connectivity index (χ2v) is 15.0. The largest absolute Gasteiger partial charge is 0.311 e. The van der Waals surface area contributed by atoms with Crippen molar-refractivity contribution in [3.8, 4) is 27.9 Å². The molecule has 0 saturated heterocycles. The zero-order chi connectivity index (χ0) is 39.1. The fourth-order valence-electron chi connectivity index (χ4n) is 8.75. The van der Waals surface area contributed by atoms with E-state index in [4.69, 9.17) is 0 Å². The quantitative estimate of drug-likeness (QED) is 0.136. The Morgan fingerprint density at radius 2 is 0.661 bits per heavy atom. The molecule has 0 atom stereocenters. The summed E-state index contributed by atoms with van der Waals surface area (Å²) in [7, 11) is 0. The first-order valence-corrected chi connectivity index (χ1v) is 20.2. The van der Waals surface area contributed by atoms with Crippen LogP contribution in [0.2, 0.25) is 0 Å².